The Morgan fingerprint density at radius 2 is 1.68 bits per heavy atom. The van der Waals surface area contributed by atoms with E-state index in [0.717, 1.165) is 11.1 Å². The number of sulfonamides is 1. The molecule has 0 saturated carbocycles. The van der Waals surface area contributed by atoms with Crippen molar-refractivity contribution in [3.05, 3.63) is 76.2 Å². The monoisotopic (exact) mass is 356 g/mol. The number of benzene rings is 2. The van der Waals surface area contributed by atoms with Gasteiger partial charge >= 0.3 is 0 Å². The number of aryl methyl sites for hydroxylation is 1. The molecule has 0 aliphatic heterocycles. The number of hydrogen-bond donors (Lipinski definition) is 2. The van der Waals surface area contributed by atoms with Gasteiger partial charge in [-0.3, -0.25) is 4.79 Å². The van der Waals surface area contributed by atoms with Crippen molar-refractivity contribution in [1.82, 2.24) is 10.0 Å². The van der Waals surface area contributed by atoms with E-state index >= 15 is 0 Å². The fourth-order valence-corrected chi connectivity index (χ4v) is 4.27. The maximum absolute atomic E-state index is 12.8. The summed E-state index contributed by atoms with van der Waals surface area (Å²) in [7, 11) is -2.29. The van der Waals surface area contributed by atoms with Crippen LogP contribution in [0.2, 0.25) is 0 Å². The van der Waals surface area contributed by atoms with E-state index in [1.165, 1.54) is 7.05 Å². The zero-order valence-electron chi connectivity index (χ0n) is 13.9. The lowest BCUT2D eigenvalue weighted by molar-refractivity contribution is -0.122. The summed E-state index contributed by atoms with van der Waals surface area (Å²) in [6, 6.07) is 15.6. The maximum atomic E-state index is 12.8. The Kier molecular flexibility index (Phi) is 5.01. The molecule has 0 aromatic heterocycles. The minimum Gasteiger partial charge on any atom is -0.357 e. The SMILES string of the molecule is CNC(=O)[C@H](NS(=O)(=O)C1=Cc2ccccc2CC1)c1ccccc1. The molecule has 0 bridgehead atoms. The third-order valence-corrected chi connectivity index (χ3v) is 5.83. The van der Waals surface area contributed by atoms with Gasteiger partial charge in [-0.05, 0) is 35.6 Å². The number of hydrogen-bond acceptors (Lipinski definition) is 3. The largest absolute Gasteiger partial charge is 0.357 e. The molecule has 5 nitrogen and oxygen atoms in total. The molecule has 0 heterocycles. The van der Waals surface area contributed by atoms with Crippen LogP contribution >= 0.6 is 0 Å². The number of allylic oxidation sites excluding steroid dienone is 1. The van der Waals surface area contributed by atoms with Crippen LogP contribution in [0.3, 0.4) is 0 Å². The molecule has 0 fully saturated rings. The molecular weight excluding hydrogens is 336 g/mol. The van der Waals surface area contributed by atoms with Gasteiger partial charge in [0.1, 0.15) is 6.04 Å². The lowest BCUT2D eigenvalue weighted by Crippen LogP contribution is -2.39. The van der Waals surface area contributed by atoms with Crippen LogP contribution in [-0.2, 0) is 21.2 Å². The summed E-state index contributed by atoms with van der Waals surface area (Å²) in [6.45, 7) is 0. The quantitative estimate of drug-likeness (QED) is 0.864. The van der Waals surface area contributed by atoms with E-state index in [2.05, 4.69) is 10.0 Å². The number of amides is 1. The average molecular weight is 356 g/mol. The second kappa shape index (κ2) is 7.21. The van der Waals surface area contributed by atoms with Crippen molar-refractivity contribution in [2.75, 3.05) is 7.05 Å². The first-order valence-electron chi connectivity index (χ1n) is 8.08. The van der Waals surface area contributed by atoms with Crippen molar-refractivity contribution in [2.45, 2.75) is 18.9 Å². The molecule has 2 aromatic carbocycles. The molecule has 6 heteroatoms. The highest BCUT2D eigenvalue weighted by molar-refractivity contribution is 7.93. The zero-order valence-corrected chi connectivity index (χ0v) is 14.7. The van der Waals surface area contributed by atoms with Crippen LogP contribution in [-0.4, -0.2) is 21.4 Å². The molecule has 1 atom stereocenters. The molecule has 1 aliphatic carbocycles. The number of carbonyl (C=O) groups excluding carboxylic acids is 1. The van der Waals surface area contributed by atoms with Gasteiger partial charge in [-0.15, -0.1) is 0 Å². The van der Waals surface area contributed by atoms with Crippen molar-refractivity contribution in [3.8, 4) is 0 Å². The predicted molar refractivity (Wildman–Crippen MR) is 98.0 cm³/mol. The molecule has 2 aromatic rings. The van der Waals surface area contributed by atoms with Gasteiger partial charge in [0.25, 0.3) is 0 Å². The van der Waals surface area contributed by atoms with Crippen molar-refractivity contribution < 1.29 is 13.2 Å². The molecule has 1 amide bonds. The van der Waals surface area contributed by atoms with Gasteiger partial charge in [0, 0.05) is 7.05 Å². The Balaban J connectivity index is 1.92. The van der Waals surface area contributed by atoms with Crippen LogP contribution in [0.4, 0.5) is 0 Å². The van der Waals surface area contributed by atoms with Crippen molar-refractivity contribution >= 4 is 22.0 Å². The van der Waals surface area contributed by atoms with Crippen LogP contribution in [0.5, 0.6) is 0 Å². The molecule has 0 unspecified atom stereocenters. The van der Waals surface area contributed by atoms with Gasteiger partial charge in [0.15, 0.2) is 0 Å². The van der Waals surface area contributed by atoms with Crippen LogP contribution < -0.4 is 10.0 Å². The molecule has 25 heavy (non-hydrogen) atoms. The van der Waals surface area contributed by atoms with Crippen LogP contribution in [0.25, 0.3) is 6.08 Å². The molecule has 3 rings (SSSR count). The molecule has 130 valence electrons. The first kappa shape index (κ1) is 17.4. The van der Waals surface area contributed by atoms with Gasteiger partial charge in [-0.1, -0.05) is 54.6 Å². The highest BCUT2D eigenvalue weighted by Crippen LogP contribution is 2.27. The fourth-order valence-electron chi connectivity index (χ4n) is 2.91. The Hall–Kier alpha value is -2.44. The molecule has 0 radical (unpaired) electrons. The van der Waals surface area contributed by atoms with Crippen molar-refractivity contribution in [2.24, 2.45) is 0 Å². The van der Waals surface area contributed by atoms with Gasteiger partial charge in [-0.25, -0.2) is 8.42 Å². The smallest absolute Gasteiger partial charge is 0.242 e. The number of likely N-dealkylation sites (N-methyl/N-ethyl adjacent to an activating group) is 1. The summed E-state index contributed by atoms with van der Waals surface area (Å²) < 4.78 is 28.2. The molecule has 2 N–H and O–H groups in total. The standard InChI is InChI=1S/C19H20N2O3S/c1-20-19(22)18(15-8-3-2-4-9-15)21-25(23,24)17-12-11-14-7-5-6-10-16(14)13-17/h2-10,13,18,21H,11-12H2,1H3,(H,20,22)/t18-/m1/s1. The van der Waals surface area contributed by atoms with Crippen molar-refractivity contribution in [3.63, 3.8) is 0 Å². The maximum Gasteiger partial charge on any atom is 0.242 e. The molecule has 0 saturated heterocycles. The number of nitrogens with one attached hydrogen (secondary N) is 2. The Morgan fingerprint density at radius 1 is 1.00 bits per heavy atom. The summed E-state index contributed by atoms with van der Waals surface area (Å²) in [5, 5.41) is 2.52. The topological polar surface area (TPSA) is 75.3 Å². The highest BCUT2D eigenvalue weighted by Gasteiger charge is 2.29. The number of rotatable bonds is 5. The van der Waals surface area contributed by atoms with Crippen LogP contribution in [0.1, 0.15) is 29.2 Å². The van der Waals surface area contributed by atoms with Gasteiger partial charge in [-0.2, -0.15) is 4.72 Å². The summed E-state index contributed by atoms with van der Waals surface area (Å²) in [5.74, 6) is -0.397. The lowest BCUT2D eigenvalue weighted by atomic mass is 9.98. The van der Waals surface area contributed by atoms with Gasteiger partial charge in [0.05, 0.1) is 4.91 Å². The number of fused-ring (bicyclic) bond motifs is 1. The van der Waals surface area contributed by atoms with Gasteiger partial charge in [0.2, 0.25) is 15.9 Å². The molecule has 1 aliphatic rings. The Bertz CT molecular complexity index is 905. The number of carbonyl (C=O) groups is 1. The van der Waals surface area contributed by atoms with E-state index in [4.69, 9.17) is 0 Å². The zero-order chi connectivity index (χ0) is 17.9. The summed E-state index contributed by atoms with van der Waals surface area (Å²) in [6.07, 6.45) is 2.77. The summed E-state index contributed by atoms with van der Waals surface area (Å²) in [5.41, 5.74) is 2.64. The van der Waals surface area contributed by atoms with E-state index in [1.54, 1.807) is 30.3 Å². The van der Waals surface area contributed by atoms with E-state index < -0.39 is 22.0 Å². The Labute approximate surface area is 147 Å². The van der Waals surface area contributed by atoms with E-state index in [1.807, 2.05) is 30.3 Å². The average Bonchev–Trinajstić information content (AvgIpc) is 2.66. The van der Waals surface area contributed by atoms with Crippen LogP contribution in [0, 0.1) is 0 Å². The first-order chi connectivity index (χ1) is 12.0. The lowest BCUT2D eigenvalue weighted by Gasteiger charge is -2.21. The van der Waals surface area contributed by atoms with E-state index in [9.17, 15) is 13.2 Å². The first-order valence-corrected chi connectivity index (χ1v) is 9.57. The van der Waals surface area contributed by atoms with Crippen LogP contribution in [0.15, 0.2) is 59.5 Å². The summed E-state index contributed by atoms with van der Waals surface area (Å²) >= 11 is 0. The van der Waals surface area contributed by atoms with E-state index in [-0.39, 0.29) is 0 Å². The minimum atomic E-state index is -3.78. The van der Waals surface area contributed by atoms with E-state index in [0.29, 0.717) is 23.3 Å². The fraction of sp³-hybridized carbons (Fsp3) is 0.211. The highest BCUT2D eigenvalue weighted by atomic mass is 32.2. The second-order valence-corrected chi connectivity index (χ2v) is 7.66. The van der Waals surface area contributed by atoms with Crippen molar-refractivity contribution in [1.29, 1.82) is 0 Å². The Morgan fingerprint density at radius 3 is 2.40 bits per heavy atom. The normalized spacial score (nSPS) is 15.0. The minimum absolute atomic E-state index is 0.302. The van der Waals surface area contributed by atoms with Gasteiger partial charge < -0.3 is 5.32 Å². The third kappa shape index (κ3) is 3.81. The molecule has 0 spiro atoms. The predicted octanol–water partition coefficient (Wildman–Crippen LogP) is 2.38. The molecular formula is C19H20N2O3S. The second-order valence-electron chi connectivity index (χ2n) is 5.89. The third-order valence-electron chi connectivity index (χ3n) is 4.27. The summed E-state index contributed by atoms with van der Waals surface area (Å²) in [4.78, 5) is 12.5.